The number of benzene rings is 4. The molecule has 0 spiro atoms. The van der Waals surface area contributed by atoms with Gasteiger partial charge in [0.1, 0.15) is 0 Å². The van der Waals surface area contributed by atoms with Crippen molar-refractivity contribution in [1.29, 1.82) is 0 Å². The third-order valence-corrected chi connectivity index (χ3v) is 5.01. The topological polar surface area (TPSA) is 0 Å². The van der Waals surface area contributed by atoms with Crippen LogP contribution in [0.3, 0.4) is 0 Å². The van der Waals surface area contributed by atoms with Gasteiger partial charge in [0, 0.05) is 0 Å². The fourth-order valence-corrected chi connectivity index (χ4v) is 3.57. The largest absolute Gasteiger partial charge is 0.0614 e. The molecule has 0 nitrogen and oxygen atoms in total. The first-order valence-electron chi connectivity index (χ1n) is 9.45. The fraction of sp³-hybridized carbons (Fsp3) is 0.111. The lowest BCUT2D eigenvalue weighted by Crippen LogP contribution is -1.86. The summed E-state index contributed by atoms with van der Waals surface area (Å²) in [4.78, 5) is 0. The standard InChI is InChI=1S/C27H24/c1-19-10-12-22(13-11-19)26-15-21(3)16-27(18-26)25-9-5-8-24(17-25)23-7-4-6-20(2)14-23/h4-18H,1-3H3. The number of aryl methyl sites for hydroxylation is 3. The highest BCUT2D eigenvalue weighted by Crippen LogP contribution is 2.31. The van der Waals surface area contributed by atoms with E-state index in [4.69, 9.17) is 0 Å². The van der Waals surface area contributed by atoms with E-state index in [1.165, 1.54) is 50.1 Å². The van der Waals surface area contributed by atoms with E-state index in [1.807, 2.05) is 0 Å². The lowest BCUT2D eigenvalue weighted by molar-refractivity contribution is 1.44. The lowest BCUT2D eigenvalue weighted by Gasteiger charge is -2.11. The van der Waals surface area contributed by atoms with E-state index in [2.05, 4.69) is 112 Å². The van der Waals surface area contributed by atoms with Gasteiger partial charge in [-0.1, -0.05) is 90.0 Å². The molecule has 0 heteroatoms. The van der Waals surface area contributed by atoms with Crippen LogP contribution in [0.5, 0.6) is 0 Å². The molecule has 0 saturated heterocycles. The van der Waals surface area contributed by atoms with Crippen LogP contribution < -0.4 is 0 Å². The van der Waals surface area contributed by atoms with Gasteiger partial charge in [-0.3, -0.25) is 0 Å². The maximum Gasteiger partial charge on any atom is -0.0175 e. The predicted octanol–water partition coefficient (Wildman–Crippen LogP) is 7.61. The van der Waals surface area contributed by atoms with Crippen molar-refractivity contribution in [3.63, 3.8) is 0 Å². The van der Waals surface area contributed by atoms with Crippen LogP contribution in [0.1, 0.15) is 16.7 Å². The van der Waals surface area contributed by atoms with Gasteiger partial charge in [0.05, 0.1) is 0 Å². The van der Waals surface area contributed by atoms with E-state index >= 15 is 0 Å². The Hall–Kier alpha value is -3.12. The highest BCUT2D eigenvalue weighted by atomic mass is 14.1. The van der Waals surface area contributed by atoms with E-state index in [1.54, 1.807) is 0 Å². The normalized spacial score (nSPS) is 10.8. The Bertz CT molecular complexity index is 1090. The summed E-state index contributed by atoms with van der Waals surface area (Å²) in [5.74, 6) is 0. The minimum Gasteiger partial charge on any atom is -0.0614 e. The summed E-state index contributed by atoms with van der Waals surface area (Å²) in [6.07, 6.45) is 0. The van der Waals surface area contributed by atoms with Gasteiger partial charge in [-0.05, 0) is 71.8 Å². The van der Waals surface area contributed by atoms with Gasteiger partial charge < -0.3 is 0 Å². The monoisotopic (exact) mass is 348 g/mol. The highest BCUT2D eigenvalue weighted by molar-refractivity contribution is 5.77. The van der Waals surface area contributed by atoms with Crippen LogP contribution in [0.25, 0.3) is 33.4 Å². The Labute approximate surface area is 162 Å². The average molecular weight is 348 g/mol. The molecule has 0 fully saturated rings. The summed E-state index contributed by atoms with van der Waals surface area (Å²) in [7, 11) is 0. The van der Waals surface area contributed by atoms with E-state index in [0.717, 1.165) is 0 Å². The van der Waals surface area contributed by atoms with Crippen LogP contribution in [0.2, 0.25) is 0 Å². The van der Waals surface area contributed by atoms with Crippen LogP contribution in [0, 0.1) is 20.8 Å². The van der Waals surface area contributed by atoms with Crippen LogP contribution >= 0.6 is 0 Å². The van der Waals surface area contributed by atoms with Crippen molar-refractivity contribution < 1.29 is 0 Å². The first-order chi connectivity index (χ1) is 13.1. The van der Waals surface area contributed by atoms with Gasteiger partial charge in [-0.2, -0.15) is 0 Å². The second-order valence-corrected chi connectivity index (χ2v) is 7.40. The highest BCUT2D eigenvalue weighted by Gasteiger charge is 2.06. The minimum atomic E-state index is 1.26. The predicted molar refractivity (Wildman–Crippen MR) is 117 cm³/mol. The molecule has 0 aliphatic rings. The molecule has 0 amide bonds. The summed E-state index contributed by atoms with van der Waals surface area (Å²) in [6, 6.07) is 33.1. The van der Waals surface area contributed by atoms with Crippen molar-refractivity contribution in [2.75, 3.05) is 0 Å². The number of hydrogen-bond donors (Lipinski definition) is 0. The molecule has 0 aromatic heterocycles. The molecule has 0 aliphatic carbocycles. The second kappa shape index (κ2) is 7.25. The van der Waals surface area contributed by atoms with E-state index in [-0.39, 0.29) is 0 Å². The average Bonchev–Trinajstić information content (AvgIpc) is 2.68. The first kappa shape index (κ1) is 17.3. The molecule has 0 atom stereocenters. The Morgan fingerprint density at radius 3 is 1.48 bits per heavy atom. The van der Waals surface area contributed by atoms with Crippen LogP contribution in [-0.2, 0) is 0 Å². The van der Waals surface area contributed by atoms with Gasteiger partial charge in [-0.15, -0.1) is 0 Å². The molecular weight excluding hydrogens is 324 g/mol. The van der Waals surface area contributed by atoms with E-state index in [9.17, 15) is 0 Å². The van der Waals surface area contributed by atoms with Crippen LogP contribution in [0.4, 0.5) is 0 Å². The summed E-state index contributed by atoms with van der Waals surface area (Å²) in [6.45, 7) is 6.44. The van der Waals surface area contributed by atoms with Crippen molar-refractivity contribution in [3.8, 4) is 33.4 Å². The van der Waals surface area contributed by atoms with Crippen LogP contribution in [-0.4, -0.2) is 0 Å². The zero-order valence-corrected chi connectivity index (χ0v) is 16.2. The summed E-state index contributed by atoms with van der Waals surface area (Å²) >= 11 is 0. The van der Waals surface area contributed by atoms with Crippen molar-refractivity contribution in [3.05, 3.63) is 108 Å². The maximum atomic E-state index is 2.30. The molecule has 132 valence electrons. The Morgan fingerprint density at radius 2 is 0.815 bits per heavy atom. The lowest BCUT2D eigenvalue weighted by atomic mass is 9.94. The van der Waals surface area contributed by atoms with Gasteiger partial charge in [0.2, 0.25) is 0 Å². The third-order valence-electron chi connectivity index (χ3n) is 5.01. The molecule has 27 heavy (non-hydrogen) atoms. The van der Waals surface area contributed by atoms with E-state index < -0.39 is 0 Å². The van der Waals surface area contributed by atoms with Crippen molar-refractivity contribution in [2.45, 2.75) is 20.8 Å². The summed E-state index contributed by atoms with van der Waals surface area (Å²) in [5, 5.41) is 0. The Balaban J connectivity index is 1.77. The molecule has 4 rings (SSSR count). The molecule has 4 aromatic rings. The number of rotatable bonds is 3. The van der Waals surface area contributed by atoms with Crippen LogP contribution in [0.15, 0.2) is 91.0 Å². The molecule has 0 N–H and O–H groups in total. The molecular formula is C27H24. The molecule has 0 saturated carbocycles. The zero-order valence-electron chi connectivity index (χ0n) is 16.2. The second-order valence-electron chi connectivity index (χ2n) is 7.40. The van der Waals surface area contributed by atoms with Crippen molar-refractivity contribution in [2.24, 2.45) is 0 Å². The molecule has 0 unspecified atom stereocenters. The Morgan fingerprint density at radius 1 is 0.333 bits per heavy atom. The molecule has 4 aromatic carbocycles. The van der Waals surface area contributed by atoms with Crippen molar-refractivity contribution in [1.82, 2.24) is 0 Å². The quantitative estimate of drug-likeness (QED) is 0.357. The third kappa shape index (κ3) is 3.85. The molecule has 0 bridgehead atoms. The van der Waals surface area contributed by atoms with E-state index in [0.29, 0.717) is 0 Å². The van der Waals surface area contributed by atoms with Gasteiger partial charge >= 0.3 is 0 Å². The Kier molecular flexibility index (Phi) is 4.64. The maximum absolute atomic E-state index is 2.30. The SMILES string of the molecule is Cc1ccc(-c2cc(C)cc(-c3cccc(-c4cccc(C)c4)c3)c2)cc1. The summed E-state index contributed by atoms with van der Waals surface area (Å²) < 4.78 is 0. The molecule has 0 heterocycles. The minimum absolute atomic E-state index is 1.26. The summed E-state index contributed by atoms with van der Waals surface area (Å²) in [5.41, 5.74) is 11.4. The molecule has 0 radical (unpaired) electrons. The molecule has 0 aliphatic heterocycles. The first-order valence-corrected chi connectivity index (χ1v) is 9.45. The van der Waals surface area contributed by atoms with Gasteiger partial charge in [-0.25, -0.2) is 0 Å². The van der Waals surface area contributed by atoms with Gasteiger partial charge in [0.25, 0.3) is 0 Å². The van der Waals surface area contributed by atoms with Crippen molar-refractivity contribution >= 4 is 0 Å². The number of hydrogen-bond acceptors (Lipinski definition) is 0. The smallest absolute Gasteiger partial charge is 0.0175 e. The zero-order chi connectivity index (χ0) is 18.8. The van der Waals surface area contributed by atoms with Gasteiger partial charge in [0.15, 0.2) is 0 Å². The fourth-order valence-electron chi connectivity index (χ4n) is 3.57.